The molecule has 1 N–H and O–H groups in total. The van der Waals surface area contributed by atoms with E-state index in [1.807, 2.05) is 13.8 Å². The number of aliphatic carboxylic acids is 1. The van der Waals surface area contributed by atoms with Crippen molar-refractivity contribution in [2.24, 2.45) is 0 Å². The number of urea groups is 1. The normalized spacial score (nSPS) is 27.3. The van der Waals surface area contributed by atoms with E-state index < -0.39 is 12.0 Å². The molecule has 0 aromatic carbocycles. The fraction of sp³-hybridized carbons (Fsp3) is 0.833. The number of likely N-dealkylation sites (tertiary alicyclic amines) is 1. The number of hydrogen-bond acceptors (Lipinski definition) is 3. The zero-order valence-electron chi connectivity index (χ0n) is 10.9. The first kappa shape index (κ1) is 13.1. The van der Waals surface area contributed by atoms with Gasteiger partial charge in [-0.2, -0.15) is 0 Å². The quantitative estimate of drug-likeness (QED) is 0.752. The fourth-order valence-electron chi connectivity index (χ4n) is 2.61. The van der Waals surface area contributed by atoms with Gasteiger partial charge in [-0.3, -0.25) is 0 Å². The second kappa shape index (κ2) is 4.76. The van der Waals surface area contributed by atoms with Crippen LogP contribution >= 0.6 is 0 Å². The van der Waals surface area contributed by atoms with Gasteiger partial charge in [-0.25, -0.2) is 9.59 Å². The Balaban J connectivity index is 2.04. The highest BCUT2D eigenvalue weighted by Crippen LogP contribution is 2.22. The molecule has 6 heteroatoms. The second-order valence-corrected chi connectivity index (χ2v) is 5.50. The Labute approximate surface area is 106 Å². The Morgan fingerprint density at radius 2 is 2.06 bits per heavy atom. The lowest BCUT2D eigenvalue weighted by atomic mass is 10.1. The average molecular weight is 256 g/mol. The van der Waals surface area contributed by atoms with Crippen LogP contribution in [0.15, 0.2) is 0 Å². The van der Waals surface area contributed by atoms with Crippen LogP contribution in [-0.4, -0.2) is 64.8 Å². The molecule has 2 fully saturated rings. The molecule has 0 aliphatic carbocycles. The molecule has 2 aliphatic heterocycles. The van der Waals surface area contributed by atoms with E-state index in [-0.39, 0.29) is 11.6 Å². The second-order valence-electron chi connectivity index (χ2n) is 5.50. The largest absolute Gasteiger partial charge is 0.480 e. The Morgan fingerprint density at radius 1 is 1.33 bits per heavy atom. The Morgan fingerprint density at radius 3 is 2.67 bits per heavy atom. The summed E-state index contributed by atoms with van der Waals surface area (Å²) in [6, 6.07) is -0.834. The van der Waals surface area contributed by atoms with E-state index in [1.165, 1.54) is 4.90 Å². The van der Waals surface area contributed by atoms with E-state index in [0.717, 1.165) is 6.42 Å². The Hall–Kier alpha value is -1.30. The highest BCUT2D eigenvalue weighted by molar-refractivity contribution is 5.83. The van der Waals surface area contributed by atoms with E-state index in [9.17, 15) is 9.59 Å². The van der Waals surface area contributed by atoms with Crippen LogP contribution in [0.2, 0.25) is 0 Å². The lowest BCUT2D eigenvalue weighted by molar-refractivity contribution is -0.141. The van der Waals surface area contributed by atoms with Gasteiger partial charge in [-0.05, 0) is 26.7 Å². The van der Waals surface area contributed by atoms with Crippen LogP contribution in [0.3, 0.4) is 0 Å². The third kappa shape index (κ3) is 2.58. The molecule has 2 heterocycles. The van der Waals surface area contributed by atoms with Gasteiger partial charge in [-0.15, -0.1) is 0 Å². The number of carboxylic acid groups (broad SMARTS) is 1. The van der Waals surface area contributed by atoms with Crippen LogP contribution in [-0.2, 0) is 9.53 Å². The van der Waals surface area contributed by atoms with Crippen molar-refractivity contribution in [3.05, 3.63) is 0 Å². The highest BCUT2D eigenvalue weighted by atomic mass is 16.5. The van der Waals surface area contributed by atoms with Gasteiger partial charge in [0.05, 0.1) is 18.8 Å². The summed E-state index contributed by atoms with van der Waals surface area (Å²) in [5.41, 5.74) is -0.355. The minimum atomic E-state index is -0.909. The summed E-state index contributed by atoms with van der Waals surface area (Å²) in [6.07, 6.45) is 1.31. The predicted molar refractivity (Wildman–Crippen MR) is 64.4 cm³/mol. The van der Waals surface area contributed by atoms with E-state index in [1.54, 1.807) is 4.90 Å². The molecule has 0 bridgehead atoms. The molecule has 0 saturated carbocycles. The van der Waals surface area contributed by atoms with E-state index in [2.05, 4.69) is 0 Å². The van der Waals surface area contributed by atoms with Gasteiger partial charge in [-0.1, -0.05) is 0 Å². The Kier molecular flexibility index (Phi) is 3.47. The van der Waals surface area contributed by atoms with Crippen molar-refractivity contribution >= 4 is 12.0 Å². The maximum Gasteiger partial charge on any atom is 0.326 e. The van der Waals surface area contributed by atoms with Crippen molar-refractivity contribution in [1.29, 1.82) is 0 Å². The van der Waals surface area contributed by atoms with Crippen LogP contribution in [0.4, 0.5) is 4.79 Å². The molecule has 2 amide bonds. The van der Waals surface area contributed by atoms with Crippen LogP contribution in [0.25, 0.3) is 0 Å². The van der Waals surface area contributed by atoms with Crippen molar-refractivity contribution in [2.75, 3.05) is 26.2 Å². The van der Waals surface area contributed by atoms with Crippen molar-refractivity contribution < 1.29 is 19.4 Å². The van der Waals surface area contributed by atoms with E-state index in [0.29, 0.717) is 32.7 Å². The molecule has 102 valence electrons. The van der Waals surface area contributed by atoms with Gasteiger partial charge < -0.3 is 19.6 Å². The van der Waals surface area contributed by atoms with Crippen molar-refractivity contribution in [2.45, 2.75) is 38.3 Å². The number of amides is 2. The summed E-state index contributed by atoms with van der Waals surface area (Å²) in [6.45, 7) is 5.95. The number of nitrogens with zero attached hydrogens (tertiary/aromatic N) is 2. The van der Waals surface area contributed by atoms with Gasteiger partial charge in [0.25, 0.3) is 0 Å². The van der Waals surface area contributed by atoms with Crippen LogP contribution in [0.5, 0.6) is 0 Å². The summed E-state index contributed by atoms with van der Waals surface area (Å²) in [5, 5.41) is 9.10. The molecule has 2 rings (SSSR count). The number of carbonyl (C=O) groups is 2. The minimum Gasteiger partial charge on any atom is -0.480 e. The molecule has 6 nitrogen and oxygen atoms in total. The van der Waals surface area contributed by atoms with E-state index in [4.69, 9.17) is 9.84 Å². The minimum absolute atomic E-state index is 0.170. The van der Waals surface area contributed by atoms with Gasteiger partial charge in [0.1, 0.15) is 6.04 Å². The average Bonchev–Trinajstić information content (AvgIpc) is 2.75. The number of rotatable bonds is 1. The lowest BCUT2D eigenvalue weighted by Gasteiger charge is -2.40. The molecule has 0 aromatic rings. The number of morpholine rings is 1. The maximum absolute atomic E-state index is 12.3. The fourth-order valence-corrected chi connectivity index (χ4v) is 2.61. The number of ether oxygens (including phenoxy) is 1. The zero-order valence-corrected chi connectivity index (χ0v) is 10.9. The topological polar surface area (TPSA) is 70.1 Å². The first-order chi connectivity index (χ1) is 8.41. The first-order valence-electron chi connectivity index (χ1n) is 6.33. The molecule has 2 saturated heterocycles. The smallest absolute Gasteiger partial charge is 0.326 e. The molecule has 18 heavy (non-hydrogen) atoms. The SMILES string of the molecule is CC1(C)CN(C(=O)N2CCC[C@@H]2C(=O)O)CCO1. The van der Waals surface area contributed by atoms with Gasteiger partial charge in [0, 0.05) is 13.1 Å². The standard InChI is InChI=1S/C12H20N2O4/c1-12(2)8-13(6-7-18-12)11(17)14-5-3-4-9(14)10(15)16/h9H,3-8H2,1-2H3,(H,15,16)/t9-/m1/s1. The third-order valence-electron chi connectivity index (χ3n) is 3.48. The Bertz CT molecular complexity index is 356. The number of carbonyl (C=O) groups excluding carboxylic acids is 1. The first-order valence-corrected chi connectivity index (χ1v) is 6.33. The molecule has 1 atom stereocenters. The van der Waals surface area contributed by atoms with Gasteiger partial charge in [0.2, 0.25) is 0 Å². The third-order valence-corrected chi connectivity index (χ3v) is 3.48. The monoisotopic (exact) mass is 256 g/mol. The maximum atomic E-state index is 12.3. The highest BCUT2D eigenvalue weighted by Gasteiger charge is 2.38. The lowest BCUT2D eigenvalue weighted by Crippen LogP contribution is -2.56. The molecular formula is C12H20N2O4. The van der Waals surface area contributed by atoms with Gasteiger partial charge >= 0.3 is 12.0 Å². The molecular weight excluding hydrogens is 236 g/mol. The number of hydrogen-bond donors (Lipinski definition) is 1. The number of carboxylic acids is 1. The van der Waals surface area contributed by atoms with Crippen molar-refractivity contribution in [3.63, 3.8) is 0 Å². The van der Waals surface area contributed by atoms with Crippen LogP contribution < -0.4 is 0 Å². The van der Waals surface area contributed by atoms with Crippen molar-refractivity contribution in [3.8, 4) is 0 Å². The summed E-state index contributed by atoms with van der Waals surface area (Å²) in [5.74, 6) is -0.909. The van der Waals surface area contributed by atoms with E-state index >= 15 is 0 Å². The predicted octanol–water partition coefficient (Wildman–Crippen LogP) is 0.766. The van der Waals surface area contributed by atoms with Gasteiger partial charge in [0.15, 0.2) is 0 Å². The molecule has 0 unspecified atom stereocenters. The zero-order chi connectivity index (χ0) is 13.3. The molecule has 2 aliphatic rings. The molecule has 0 spiro atoms. The molecule has 0 aromatic heterocycles. The summed E-state index contributed by atoms with van der Waals surface area (Å²) in [4.78, 5) is 26.6. The summed E-state index contributed by atoms with van der Waals surface area (Å²) >= 11 is 0. The van der Waals surface area contributed by atoms with Crippen molar-refractivity contribution in [1.82, 2.24) is 9.80 Å². The van der Waals surface area contributed by atoms with Crippen LogP contribution in [0.1, 0.15) is 26.7 Å². The molecule has 0 radical (unpaired) electrons. The van der Waals surface area contributed by atoms with Crippen LogP contribution in [0, 0.1) is 0 Å². The summed E-state index contributed by atoms with van der Waals surface area (Å²) in [7, 11) is 0. The summed E-state index contributed by atoms with van der Waals surface area (Å²) < 4.78 is 5.55.